The number of nitrogens with zero attached hydrogens (tertiary/aromatic N) is 5. The lowest BCUT2D eigenvalue weighted by molar-refractivity contribution is -0.122. The number of carbonyl (C=O) groups excluding carboxylic acids is 1. The number of anilines is 1. The van der Waals surface area contributed by atoms with Crippen molar-refractivity contribution in [2.75, 3.05) is 44.7 Å². The molecule has 0 N–H and O–H groups in total. The van der Waals surface area contributed by atoms with Crippen LogP contribution < -0.4 is 10.5 Å². The first-order valence-corrected chi connectivity index (χ1v) is 12.3. The maximum Gasteiger partial charge on any atom is 0.270 e. The van der Waals surface area contributed by atoms with Gasteiger partial charge in [-0.3, -0.25) is 19.1 Å². The molecule has 2 aliphatic heterocycles. The summed E-state index contributed by atoms with van der Waals surface area (Å²) in [5.74, 6) is 1.16. The van der Waals surface area contributed by atoms with Crippen molar-refractivity contribution in [1.29, 1.82) is 5.26 Å². The first-order chi connectivity index (χ1) is 15.2. The number of pyridine rings is 1. The maximum atomic E-state index is 13.1. The standard InChI is InChI=1S/C23H31N5O2S2/c1-6-27-20(26-11-9-25(5)10-12-26)17(16(4)18(14-24)21(27)29)13-19-22(30)28(23(31)32-19)8-7-15(2)3/h13,15H,6-12H2,1-5H3. The second-order valence-corrected chi connectivity index (χ2v) is 10.4. The zero-order valence-electron chi connectivity index (χ0n) is 19.5. The van der Waals surface area contributed by atoms with Gasteiger partial charge in [0.25, 0.3) is 11.5 Å². The molecule has 0 bridgehead atoms. The van der Waals surface area contributed by atoms with Crippen LogP contribution in [0.1, 0.15) is 43.9 Å². The van der Waals surface area contributed by atoms with Gasteiger partial charge in [-0.1, -0.05) is 37.8 Å². The molecule has 7 nitrogen and oxygen atoms in total. The molecule has 0 aromatic carbocycles. The van der Waals surface area contributed by atoms with Crippen molar-refractivity contribution in [3.8, 4) is 6.07 Å². The lowest BCUT2D eigenvalue weighted by Gasteiger charge is -2.36. The number of rotatable bonds is 6. The minimum absolute atomic E-state index is 0.0999. The van der Waals surface area contributed by atoms with Crippen LogP contribution in [0.25, 0.3) is 6.08 Å². The second kappa shape index (κ2) is 10.2. The molecule has 9 heteroatoms. The predicted octanol–water partition coefficient (Wildman–Crippen LogP) is 3.05. The van der Waals surface area contributed by atoms with E-state index in [9.17, 15) is 14.9 Å². The van der Waals surface area contributed by atoms with Crippen molar-refractivity contribution >= 4 is 46.1 Å². The molecule has 0 aliphatic carbocycles. The van der Waals surface area contributed by atoms with E-state index >= 15 is 0 Å². The molecular weight excluding hydrogens is 442 g/mol. The van der Waals surface area contributed by atoms with Gasteiger partial charge in [0.1, 0.15) is 21.8 Å². The second-order valence-electron chi connectivity index (χ2n) is 8.70. The van der Waals surface area contributed by atoms with Crippen molar-refractivity contribution in [2.45, 2.75) is 40.7 Å². The summed E-state index contributed by atoms with van der Waals surface area (Å²) in [5, 5.41) is 9.69. The summed E-state index contributed by atoms with van der Waals surface area (Å²) >= 11 is 6.78. The molecule has 0 unspecified atom stereocenters. The Kier molecular flexibility index (Phi) is 7.80. The van der Waals surface area contributed by atoms with Crippen molar-refractivity contribution in [3.63, 3.8) is 0 Å². The first kappa shape index (κ1) is 24.5. The van der Waals surface area contributed by atoms with Crippen LogP contribution in [0.4, 0.5) is 5.82 Å². The molecule has 2 fully saturated rings. The van der Waals surface area contributed by atoms with E-state index in [0.29, 0.717) is 33.8 Å². The molecule has 32 heavy (non-hydrogen) atoms. The van der Waals surface area contributed by atoms with Crippen molar-refractivity contribution < 1.29 is 4.79 Å². The van der Waals surface area contributed by atoms with Gasteiger partial charge in [-0.2, -0.15) is 5.26 Å². The number of likely N-dealkylation sites (N-methyl/N-ethyl adjacent to an activating group) is 1. The summed E-state index contributed by atoms with van der Waals surface area (Å²) in [4.78, 5) is 32.9. The van der Waals surface area contributed by atoms with Gasteiger partial charge in [0.15, 0.2) is 0 Å². The molecule has 0 spiro atoms. The molecule has 172 valence electrons. The maximum absolute atomic E-state index is 13.1. The van der Waals surface area contributed by atoms with Gasteiger partial charge in [0, 0.05) is 44.8 Å². The zero-order chi connectivity index (χ0) is 23.6. The van der Waals surface area contributed by atoms with Crippen molar-refractivity contribution in [3.05, 3.63) is 31.9 Å². The minimum atomic E-state index is -0.275. The average molecular weight is 474 g/mol. The Morgan fingerprint density at radius 2 is 1.88 bits per heavy atom. The summed E-state index contributed by atoms with van der Waals surface area (Å²) in [6.07, 6.45) is 2.72. The summed E-state index contributed by atoms with van der Waals surface area (Å²) in [6.45, 7) is 12.3. The van der Waals surface area contributed by atoms with Gasteiger partial charge < -0.3 is 9.80 Å². The van der Waals surface area contributed by atoms with Crippen LogP contribution in [-0.4, -0.2) is 64.4 Å². The normalized spacial score (nSPS) is 18.8. The molecule has 1 amide bonds. The fourth-order valence-electron chi connectivity index (χ4n) is 4.01. The van der Waals surface area contributed by atoms with E-state index in [1.54, 1.807) is 16.4 Å². The van der Waals surface area contributed by atoms with Crippen LogP contribution >= 0.6 is 24.0 Å². The lowest BCUT2D eigenvalue weighted by Crippen LogP contribution is -2.47. The highest BCUT2D eigenvalue weighted by molar-refractivity contribution is 8.26. The highest BCUT2D eigenvalue weighted by Crippen LogP contribution is 2.36. The number of amides is 1. The SMILES string of the molecule is CCn1c(N2CCN(C)CC2)c(C=C2SC(=S)N(CCC(C)C)C2=O)c(C)c(C#N)c1=O. The van der Waals surface area contributed by atoms with E-state index in [-0.39, 0.29) is 17.0 Å². The summed E-state index contributed by atoms with van der Waals surface area (Å²) < 4.78 is 2.23. The third-order valence-electron chi connectivity index (χ3n) is 6.04. The van der Waals surface area contributed by atoms with E-state index in [1.807, 2.05) is 13.0 Å². The van der Waals surface area contributed by atoms with Crippen LogP contribution in [0.2, 0.25) is 0 Å². The van der Waals surface area contributed by atoms with Gasteiger partial charge in [-0.05, 0) is 44.9 Å². The monoisotopic (exact) mass is 473 g/mol. The van der Waals surface area contributed by atoms with Crippen LogP contribution in [0.3, 0.4) is 0 Å². The highest BCUT2D eigenvalue weighted by Gasteiger charge is 2.33. The number of carbonyl (C=O) groups is 1. The molecule has 2 aliphatic rings. The van der Waals surface area contributed by atoms with Crippen LogP contribution in [-0.2, 0) is 11.3 Å². The van der Waals surface area contributed by atoms with Crippen molar-refractivity contribution in [2.24, 2.45) is 5.92 Å². The van der Waals surface area contributed by atoms with Crippen molar-refractivity contribution in [1.82, 2.24) is 14.4 Å². The van der Waals surface area contributed by atoms with Crippen LogP contribution in [0.5, 0.6) is 0 Å². The van der Waals surface area contributed by atoms with Gasteiger partial charge in [0.05, 0.1) is 4.91 Å². The van der Waals surface area contributed by atoms with E-state index in [1.165, 1.54) is 11.8 Å². The number of hydrogen-bond acceptors (Lipinski definition) is 7. The van der Waals surface area contributed by atoms with Gasteiger partial charge in [-0.25, -0.2) is 0 Å². The average Bonchev–Trinajstić information content (AvgIpc) is 3.01. The molecule has 0 radical (unpaired) electrons. The fourth-order valence-corrected chi connectivity index (χ4v) is 5.30. The highest BCUT2D eigenvalue weighted by atomic mass is 32.2. The number of nitriles is 1. The summed E-state index contributed by atoms with van der Waals surface area (Å²) in [6, 6.07) is 2.09. The molecule has 3 heterocycles. The Balaban J connectivity index is 2.13. The molecular formula is C23H31N5O2S2. The predicted molar refractivity (Wildman–Crippen MR) is 135 cm³/mol. The lowest BCUT2D eigenvalue weighted by atomic mass is 10.0. The topological polar surface area (TPSA) is 72.6 Å². The van der Waals surface area contributed by atoms with Gasteiger partial charge in [-0.15, -0.1) is 0 Å². The van der Waals surface area contributed by atoms with Gasteiger partial charge in [0.2, 0.25) is 0 Å². The summed E-state index contributed by atoms with van der Waals surface area (Å²) in [5.41, 5.74) is 1.23. The van der Waals surface area contributed by atoms with E-state index < -0.39 is 0 Å². The largest absolute Gasteiger partial charge is 0.355 e. The van der Waals surface area contributed by atoms with Crippen LogP contribution in [0, 0.1) is 24.2 Å². The number of hydrogen-bond donors (Lipinski definition) is 0. The number of thioether (sulfide) groups is 1. The van der Waals surface area contributed by atoms with Crippen LogP contribution in [0.15, 0.2) is 9.70 Å². The third kappa shape index (κ3) is 4.77. The number of piperazine rings is 1. The van der Waals surface area contributed by atoms with E-state index in [0.717, 1.165) is 44.0 Å². The Bertz CT molecular complexity index is 1050. The Hall–Kier alpha value is -2.15. The van der Waals surface area contributed by atoms with E-state index in [4.69, 9.17) is 12.2 Å². The smallest absolute Gasteiger partial charge is 0.270 e. The summed E-state index contributed by atoms with van der Waals surface area (Å²) in [7, 11) is 2.08. The quantitative estimate of drug-likeness (QED) is 0.464. The fraction of sp³-hybridized carbons (Fsp3) is 0.565. The first-order valence-electron chi connectivity index (χ1n) is 11.1. The zero-order valence-corrected chi connectivity index (χ0v) is 21.1. The molecule has 2 saturated heterocycles. The molecule has 1 aromatic rings. The minimum Gasteiger partial charge on any atom is -0.355 e. The molecule has 3 rings (SSSR count). The number of thiocarbonyl (C=S) groups is 1. The Morgan fingerprint density at radius 3 is 2.44 bits per heavy atom. The third-order valence-corrected chi connectivity index (χ3v) is 7.42. The van der Waals surface area contributed by atoms with Gasteiger partial charge >= 0.3 is 0 Å². The molecule has 0 saturated carbocycles. The Morgan fingerprint density at radius 1 is 1.22 bits per heavy atom. The van der Waals surface area contributed by atoms with E-state index in [2.05, 4.69) is 36.8 Å². The number of aromatic nitrogens is 1. The molecule has 1 aromatic heterocycles. The molecule has 0 atom stereocenters. The Labute approximate surface area is 199 Å².